The highest BCUT2D eigenvalue weighted by molar-refractivity contribution is 5.94. The van der Waals surface area contributed by atoms with Crippen LogP contribution in [0.3, 0.4) is 0 Å². The van der Waals surface area contributed by atoms with Crippen molar-refractivity contribution in [3.05, 3.63) is 29.8 Å². The summed E-state index contributed by atoms with van der Waals surface area (Å²) in [5, 5.41) is 12.6. The lowest BCUT2D eigenvalue weighted by atomic mass is 10.1. The Morgan fingerprint density at radius 1 is 1.28 bits per heavy atom. The Hall–Kier alpha value is -1.55. The quantitative estimate of drug-likeness (QED) is 0.850. The topological polar surface area (TPSA) is 52.6 Å². The summed E-state index contributed by atoms with van der Waals surface area (Å²) in [5.41, 5.74) is 1.70. The molecule has 18 heavy (non-hydrogen) atoms. The second-order valence-electron chi connectivity index (χ2n) is 5.02. The molecule has 0 aromatic heterocycles. The van der Waals surface area contributed by atoms with Crippen LogP contribution in [-0.4, -0.2) is 37.3 Å². The predicted octanol–water partition coefficient (Wildman–Crippen LogP) is 1.40. The van der Waals surface area contributed by atoms with E-state index in [1.165, 1.54) is 0 Å². The van der Waals surface area contributed by atoms with Gasteiger partial charge in [-0.25, -0.2) is 0 Å². The highest BCUT2D eigenvalue weighted by atomic mass is 16.3. The van der Waals surface area contributed by atoms with E-state index in [4.69, 9.17) is 0 Å². The van der Waals surface area contributed by atoms with Crippen molar-refractivity contribution in [2.75, 3.05) is 19.0 Å². The minimum atomic E-state index is -0.394. The summed E-state index contributed by atoms with van der Waals surface area (Å²) < 4.78 is 0. The number of nitrogens with one attached hydrogen (secondary N) is 1. The molecule has 0 unspecified atom stereocenters. The Morgan fingerprint density at radius 2 is 1.94 bits per heavy atom. The van der Waals surface area contributed by atoms with Crippen molar-refractivity contribution < 1.29 is 9.90 Å². The van der Waals surface area contributed by atoms with Crippen LogP contribution in [0.4, 0.5) is 5.69 Å². The first kappa shape index (κ1) is 12.9. The van der Waals surface area contributed by atoms with Crippen molar-refractivity contribution in [1.82, 2.24) is 5.32 Å². The lowest BCUT2D eigenvalue weighted by Crippen LogP contribution is -2.39. The minimum Gasteiger partial charge on any atom is -0.391 e. The van der Waals surface area contributed by atoms with Crippen LogP contribution in [0.25, 0.3) is 0 Å². The van der Waals surface area contributed by atoms with E-state index in [-0.39, 0.29) is 11.9 Å². The number of hydrogen-bond donors (Lipinski definition) is 2. The third-order valence-electron chi connectivity index (χ3n) is 3.44. The van der Waals surface area contributed by atoms with Gasteiger partial charge in [0.25, 0.3) is 5.91 Å². The van der Waals surface area contributed by atoms with E-state index < -0.39 is 6.10 Å². The van der Waals surface area contributed by atoms with Crippen molar-refractivity contribution in [2.24, 2.45) is 0 Å². The highest BCUT2D eigenvalue weighted by Crippen LogP contribution is 2.19. The van der Waals surface area contributed by atoms with Crippen LogP contribution in [0, 0.1) is 0 Å². The smallest absolute Gasteiger partial charge is 0.251 e. The molecule has 0 bridgehead atoms. The predicted molar refractivity (Wildman–Crippen MR) is 71.9 cm³/mol. The number of anilines is 1. The zero-order valence-electron chi connectivity index (χ0n) is 10.9. The summed E-state index contributed by atoms with van der Waals surface area (Å²) in [6.07, 6.45) is 2.23. The zero-order valence-corrected chi connectivity index (χ0v) is 10.9. The molecule has 4 heteroatoms. The van der Waals surface area contributed by atoms with Gasteiger partial charge in [-0.1, -0.05) is 0 Å². The molecule has 4 nitrogen and oxygen atoms in total. The number of rotatable bonds is 3. The molecule has 0 spiro atoms. The van der Waals surface area contributed by atoms with Gasteiger partial charge in [0.2, 0.25) is 0 Å². The molecule has 1 aromatic rings. The highest BCUT2D eigenvalue weighted by Gasteiger charge is 2.26. The van der Waals surface area contributed by atoms with Gasteiger partial charge in [0.1, 0.15) is 0 Å². The van der Waals surface area contributed by atoms with Gasteiger partial charge in [-0.2, -0.15) is 0 Å². The van der Waals surface area contributed by atoms with E-state index in [1.807, 2.05) is 43.3 Å². The van der Waals surface area contributed by atoms with Gasteiger partial charge in [0.05, 0.1) is 12.1 Å². The molecule has 1 amide bonds. The molecule has 0 saturated heterocycles. The fraction of sp³-hybridized carbons (Fsp3) is 0.500. The second-order valence-corrected chi connectivity index (χ2v) is 5.02. The van der Waals surface area contributed by atoms with Gasteiger partial charge in [0, 0.05) is 25.3 Å². The van der Waals surface area contributed by atoms with Crippen molar-refractivity contribution in [2.45, 2.75) is 31.4 Å². The number of aliphatic hydroxyl groups is 1. The van der Waals surface area contributed by atoms with Crippen molar-refractivity contribution in [3.8, 4) is 0 Å². The van der Waals surface area contributed by atoms with Gasteiger partial charge in [0.15, 0.2) is 0 Å². The fourth-order valence-corrected chi connectivity index (χ4v) is 2.27. The van der Waals surface area contributed by atoms with Crippen LogP contribution in [-0.2, 0) is 0 Å². The number of amides is 1. The van der Waals surface area contributed by atoms with Crippen LogP contribution >= 0.6 is 0 Å². The summed E-state index contributed by atoms with van der Waals surface area (Å²) in [7, 11) is 3.92. The molecule has 1 aliphatic carbocycles. The molecular formula is C14H20N2O2. The second kappa shape index (κ2) is 5.40. The van der Waals surface area contributed by atoms with E-state index in [2.05, 4.69) is 5.32 Å². The first-order chi connectivity index (χ1) is 8.58. The molecule has 1 saturated carbocycles. The largest absolute Gasteiger partial charge is 0.391 e. The maximum absolute atomic E-state index is 12.0. The lowest BCUT2D eigenvalue weighted by Gasteiger charge is -2.17. The monoisotopic (exact) mass is 248 g/mol. The van der Waals surface area contributed by atoms with Crippen molar-refractivity contribution in [3.63, 3.8) is 0 Å². The maximum Gasteiger partial charge on any atom is 0.251 e. The third kappa shape index (κ3) is 2.82. The molecule has 2 atom stereocenters. The normalized spacial score (nSPS) is 22.8. The molecular weight excluding hydrogens is 228 g/mol. The average molecular weight is 248 g/mol. The van der Waals surface area contributed by atoms with Gasteiger partial charge in [-0.15, -0.1) is 0 Å². The summed E-state index contributed by atoms with van der Waals surface area (Å²) in [6.45, 7) is 0. The first-order valence-corrected chi connectivity index (χ1v) is 6.34. The van der Waals surface area contributed by atoms with Gasteiger partial charge in [-0.05, 0) is 43.5 Å². The summed E-state index contributed by atoms with van der Waals surface area (Å²) in [5.74, 6) is -0.105. The van der Waals surface area contributed by atoms with Crippen LogP contribution in [0.2, 0.25) is 0 Å². The third-order valence-corrected chi connectivity index (χ3v) is 3.44. The number of carbonyl (C=O) groups excluding carboxylic acids is 1. The van der Waals surface area contributed by atoms with E-state index in [9.17, 15) is 9.90 Å². The number of hydrogen-bond acceptors (Lipinski definition) is 3. The van der Waals surface area contributed by atoms with Crippen molar-refractivity contribution >= 4 is 11.6 Å². The summed E-state index contributed by atoms with van der Waals surface area (Å²) in [6, 6.07) is 7.36. The zero-order chi connectivity index (χ0) is 13.1. The first-order valence-electron chi connectivity index (χ1n) is 6.34. The van der Waals surface area contributed by atoms with Crippen LogP contribution in [0.5, 0.6) is 0 Å². The summed E-state index contributed by atoms with van der Waals surface area (Å²) >= 11 is 0. The maximum atomic E-state index is 12.0. The molecule has 1 aliphatic rings. The lowest BCUT2D eigenvalue weighted by molar-refractivity contribution is 0.0873. The van der Waals surface area contributed by atoms with E-state index >= 15 is 0 Å². The molecule has 1 fully saturated rings. The molecule has 98 valence electrons. The van der Waals surface area contributed by atoms with Crippen LogP contribution < -0.4 is 10.2 Å². The van der Waals surface area contributed by atoms with Crippen molar-refractivity contribution in [1.29, 1.82) is 0 Å². The number of carbonyl (C=O) groups is 1. The van der Waals surface area contributed by atoms with Gasteiger partial charge < -0.3 is 15.3 Å². The number of aliphatic hydroxyl groups excluding tert-OH is 1. The fourth-order valence-electron chi connectivity index (χ4n) is 2.27. The van der Waals surface area contributed by atoms with Gasteiger partial charge >= 0.3 is 0 Å². The van der Waals surface area contributed by atoms with E-state index in [0.717, 1.165) is 24.9 Å². The van der Waals surface area contributed by atoms with E-state index in [0.29, 0.717) is 5.56 Å². The standard InChI is InChI=1S/C14H20N2O2/c1-16(2)11-8-6-10(7-9-11)14(18)15-12-4-3-5-13(12)17/h6-9,12-13,17H,3-5H2,1-2H3,(H,15,18)/t12-,13+/m1/s1. The van der Waals surface area contributed by atoms with Crippen LogP contribution in [0.1, 0.15) is 29.6 Å². The Labute approximate surface area is 108 Å². The molecule has 1 aromatic carbocycles. The molecule has 0 heterocycles. The number of benzene rings is 1. The molecule has 0 aliphatic heterocycles. The Kier molecular flexibility index (Phi) is 3.87. The molecule has 0 radical (unpaired) electrons. The SMILES string of the molecule is CN(C)c1ccc(C(=O)N[C@@H]2CCC[C@@H]2O)cc1. The molecule has 2 N–H and O–H groups in total. The Balaban J connectivity index is 2.00. The summed E-state index contributed by atoms with van der Waals surface area (Å²) in [4.78, 5) is 14.0. The van der Waals surface area contributed by atoms with Crippen LogP contribution in [0.15, 0.2) is 24.3 Å². The molecule has 2 rings (SSSR count). The van der Waals surface area contributed by atoms with E-state index in [1.54, 1.807) is 0 Å². The van der Waals surface area contributed by atoms with Gasteiger partial charge in [-0.3, -0.25) is 4.79 Å². The number of nitrogens with zero attached hydrogens (tertiary/aromatic N) is 1. The Bertz CT molecular complexity index is 414. The average Bonchev–Trinajstić information content (AvgIpc) is 2.75. The minimum absolute atomic E-state index is 0.0916. The Morgan fingerprint density at radius 3 is 2.44 bits per heavy atom.